The van der Waals surface area contributed by atoms with Gasteiger partial charge in [0.15, 0.2) is 5.76 Å². The standard InChI is InChI=1S/C13H17N3O2.ClH/c14-10-3-5-16(6-4-10)9-11-8-13(18-15-11)12-2-1-7-17-12;/h1-2,7-8,10H,3-6,9,14H2;1H. The molecular weight excluding hydrogens is 266 g/mol. The minimum absolute atomic E-state index is 0. The molecule has 2 aromatic heterocycles. The first-order chi connectivity index (χ1) is 8.81. The lowest BCUT2D eigenvalue weighted by Crippen LogP contribution is -2.39. The molecule has 2 N–H and O–H groups in total. The number of piperidine rings is 1. The van der Waals surface area contributed by atoms with Crippen LogP contribution in [0.15, 0.2) is 33.4 Å². The summed E-state index contributed by atoms with van der Waals surface area (Å²) in [5, 5.41) is 4.08. The summed E-state index contributed by atoms with van der Waals surface area (Å²) in [5.41, 5.74) is 6.83. The Morgan fingerprint density at radius 2 is 2.11 bits per heavy atom. The van der Waals surface area contributed by atoms with Gasteiger partial charge in [-0.1, -0.05) is 5.16 Å². The number of nitrogens with two attached hydrogens (primary N) is 1. The van der Waals surface area contributed by atoms with Crippen molar-refractivity contribution in [3.8, 4) is 11.5 Å². The summed E-state index contributed by atoms with van der Waals surface area (Å²) in [5.74, 6) is 1.40. The maximum atomic E-state index is 5.89. The van der Waals surface area contributed by atoms with Gasteiger partial charge in [-0.15, -0.1) is 12.4 Å². The molecule has 1 fully saturated rings. The molecule has 3 heterocycles. The van der Waals surface area contributed by atoms with E-state index in [-0.39, 0.29) is 12.4 Å². The summed E-state index contributed by atoms with van der Waals surface area (Å²) in [4.78, 5) is 2.35. The lowest BCUT2D eigenvalue weighted by Gasteiger charge is -2.29. The van der Waals surface area contributed by atoms with Crippen molar-refractivity contribution in [2.45, 2.75) is 25.4 Å². The van der Waals surface area contributed by atoms with Gasteiger partial charge in [-0.05, 0) is 25.0 Å². The van der Waals surface area contributed by atoms with E-state index in [2.05, 4.69) is 10.1 Å². The zero-order valence-corrected chi connectivity index (χ0v) is 11.4. The predicted molar refractivity (Wildman–Crippen MR) is 73.9 cm³/mol. The van der Waals surface area contributed by atoms with Crippen LogP contribution in [0.2, 0.25) is 0 Å². The molecule has 0 bridgehead atoms. The van der Waals surface area contributed by atoms with Gasteiger partial charge in [0.05, 0.1) is 12.0 Å². The van der Waals surface area contributed by atoms with Gasteiger partial charge in [-0.3, -0.25) is 4.90 Å². The predicted octanol–water partition coefficient (Wildman–Crippen LogP) is 2.28. The first-order valence-electron chi connectivity index (χ1n) is 6.28. The maximum Gasteiger partial charge on any atom is 0.202 e. The summed E-state index contributed by atoms with van der Waals surface area (Å²) in [7, 11) is 0. The number of furan rings is 1. The highest BCUT2D eigenvalue weighted by molar-refractivity contribution is 5.85. The number of likely N-dealkylation sites (tertiary alicyclic amines) is 1. The molecule has 0 aliphatic carbocycles. The van der Waals surface area contributed by atoms with Crippen molar-refractivity contribution in [2.75, 3.05) is 13.1 Å². The fourth-order valence-electron chi connectivity index (χ4n) is 2.26. The zero-order chi connectivity index (χ0) is 12.4. The topological polar surface area (TPSA) is 68.4 Å². The average Bonchev–Trinajstić information content (AvgIpc) is 3.02. The van der Waals surface area contributed by atoms with E-state index in [1.165, 1.54) is 0 Å². The van der Waals surface area contributed by atoms with Gasteiger partial charge in [0.1, 0.15) is 0 Å². The Morgan fingerprint density at radius 3 is 2.79 bits per heavy atom. The minimum atomic E-state index is 0. The van der Waals surface area contributed by atoms with Gasteiger partial charge in [0.25, 0.3) is 0 Å². The molecule has 6 heteroatoms. The van der Waals surface area contributed by atoms with Crippen LogP contribution in [0.4, 0.5) is 0 Å². The molecule has 1 aliphatic rings. The Morgan fingerprint density at radius 1 is 1.32 bits per heavy atom. The molecule has 0 unspecified atom stereocenters. The van der Waals surface area contributed by atoms with E-state index in [0.717, 1.165) is 43.9 Å². The van der Waals surface area contributed by atoms with Crippen molar-refractivity contribution in [3.63, 3.8) is 0 Å². The highest BCUT2D eigenvalue weighted by Gasteiger charge is 2.18. The summed E-state index contributed by atoms with van der Waals surface area (Å²) >= 11 is 0. The third-order valence-electron chi connectivity index (χ3n) is 3.34. The van der Waals surface area contributed by atoms with Crippen LogP contribution in [0.25, 0.3) is 11.5 Å². The molecule has 19 heavy (non-hydrogen) atoms. The molecule has 0 atom stereocenters. The van der Waals surface area contributed by atoms with Crippen LogP contribution in [0.3, 0.4) is 0 Å². The lowest BCUT2D eigenvalue weighted by molar-refractivity contribution is 0.200. The van der Waals surface area contributed by atoms with Gasteiger partial charge in [0.2, 0.25) is 5.76 Å². The Balaban J connectivity index is 0.00000133. The molecule has 2 aromatic rings. The van der Waals surface area contributed by atoms with Gasteiger partial charge in [-0.2, -0.15) is 0 Å². The van der Waals surface area contributed by atoms with Gasteiger partial charge < -0.3 is 14.7 Å². The Hall–Kier alpha value is -1.30. The molecule has 3 rings (SSSR count). The molecular formula is C13H18ClN3O2. The van der Waals surface area contributed by atoms with E-state index in [1.54, 1.807) is 6.26 Å². The third kappa shape index (κ3) is 3.37. The normalized spacial score (nSPS) is 17.3. The zero-order valence-electron chi connectivity index (χ0n) is 10.6. The molecule has 1 saturated heterocycles. The SMILES string of the molecule is Cl.NC1CCN(Cc2cc(-c3ccco3)on2)CC1. The highest BCUT2D eigenvalue weighted by atomic mass is 35.5. The second-order valence-corrected chi connectivity index (χ2v) is 4.77. The van der Waals surface area contributed by atoms with Crippen LogP contribution in [-0.2, 0) is 6.54 Å². The largest absolute Gasteiger partial charge is 0.461 e. The maximum absolute atomic E-state index is 5.89. The first kappa shape index (κ1) is 14.1. The number of rotatable bonds is 3. The molecule has 104 valence electrons. The van der Waals surface area contributed by atoms with Crippen molar-refractivity contribution in [2.24, 2.45) is 5.73 Å². The minimum Gasteiger partial charge on any atom is -0.461 e. The van der Waals surface area contributed by atoms with Crippen molar-refractivity contribution >= 4 is 12.4 Å². The Bertz CT molecular complexity index is 490. The average molecular weight is 284 g/mol. The first-order valence-corrected chi connectivity index (χ1v) is 6.28. The number of halogens is 1. The van der Waals surface area contributed by atoms with Crippen LogP contribution < -0.4 is 5.73 Å². The van der Waals surface area contributed by atoms with E-state index in [1.807, 2.05) is 18.2 Å². The summed E-state index contributed by atoms with van der Waals surface area (Å²) in [6.45, 7) is 2.88. The van der Waals surface area contributed by atoms with Crippen molar-refractivity contribution in [1.29, 1.82) is 0 Å². The van der Waals surface area contributed by atoms with Crippen molar-refractivity contribution in [3.05, 3.63) is 30.2 Å². The van der Waals surface area contributed by atoms with Crippen molar-refractivity contribution in [1.82, 2.24) is 10.1 Å². The third-order valence-corrected chi connectivity index (χ3v) is 3.34. The van der Waals surface area contributed by atoms with Crippen molar-refractivity contribution < 1.29 is 8.94 Å². The van der Waals surface area contributed by atoms with Crippen LogP contribution in [0, 0.1) is 0 Å². The molecule has 0 spiro atoms. The van der Waals surface area contributed by atoms with E-state index in [4.69, 9.17) is 14.7 Å². The lowest BCUT2D eigenvalue weighted by atomic mass is 10.1. The number of aromatic nitrogens is 1. The Labute approximate surface area is 118 Å². The van der Waals surface area contributed by atoms with E-state index in [9.17, 15) is 0 Å². The van der Waals surface area contributed by atoms with Gasteiger partial charge in [0, 0.05) is 31.7 Å². The number of nitrogens with zero attached hydrogens (tertiary/aromatic N) is 2. The van der Waals surface area contributed by atoms with Gasteiger partial charge >= 0.3 is 0 Å². The quantitative estimate of drug-likeness (QED) is 0.936. The summed E-state index contributed by atoms with van der Waals surface area (Å²) in [6, 6.07) is 6.00. The number of hydrogen-bond donors (Lipinski definition) is 1. The molecule has 0 radical (unpaired) electrons. The van der Waals surface area contributed by atoms with E-state index < -0.39 is 0 Å². The highest BCUT2D eigenvalue weighted by Crippen LogP contribution is 2.21. The van der Waals surface area contributed by atoms with Crippen LogP contribution >= 0.6 is 12.4 Å². The number of hydrogen-bond acceptors (Lipinski definition) is 5. The molecule has 0 amide bonds. The fourth-order valence-corrected chi connectivity index (χ4v) is 2.26. The molecule has 1 aliphatic heterocycles. The molecule has 0 aromatic carbocycles. The molecule has 5 nitrogen and oxygen atoms in total. The van der Waals surface area contributed by atoms with Gasteiger partial charge in [-0.25, -0.2) is 0 Å². The van der Waals surface area contributed by atoms with Crippen LogP contribution in [-0.4, -0.2) is 29.2 Å². The second-order valence-electron chi connectivity index (χ2n) is 4.77. The smallest absolute Gasteiger partial charge is 0.202 e. The van der Waals surface area contributed by atoms with Crippen LogP contribution in [0.1, 0.15) is 18.5 Å². The second kappa shape index (κ2) is 6.23. The summed E-state index contributed by atoms with van der Waals surface area (Å²) < 4.78 is 10.5. The van der Waals surface area contributed by atoms with E-state index >= 15 is 0 Å². The monoisotopic (exact) mass is 283 g/mol. The fraction of sp³-hybridized carbons (Fsp3) is 0.462. The molecule has 0 saturated carbocycles. The van der Waals surface area contributed by atoms with E-state index in [0.29, 0.717) is 11.8 Å². The summed E-state index contributed by atoms with van der Waals surface area (Å²) in [6.07, 6.45) is 3.75. The Kier molecular flexibility index (Phi) is 4.63. The van der Waals surface area contributed by atoms with Crippen LogP contribution in [0.5, 0.6) is 0 Å².